The number of carbonyl (C=O) groups is 3. The molecule has 1 aliphatic heterocycles. The smallest absolute Gasteiger partial charge is 0.338 e. The molecule has 9 heteroatoms. The maximum absolute atomic E-state index is 12.8. The van der Waals surface area contributed by atoms with Crippen LogP contribution in [0.5, 0.6) is 0 Å². The molecule has 35 heavy (non-hydrogen) atoms. The minimum Gasteiger partial charge on any atom is -0.462 e. The third-order valence-corrected chi connectivity index (χ3v) is 5.58. The van der Waals surface area contributed by atoms with Gasteiger partial charge in [-0.3, -0.25) is 9.59 Å². The number of nitrogens with one attached hydrogen (secondary N) is 2. The summed E-state index contributed by atoms with van der Waals surface area (Å²) in [7, 11) is 0. The van der Waals surface area contributed by atoms with E-state index in [0.29, 0.717) is 29.5 Å². The van der Waals surface area contributed by atoms with Gasteiger partial charge in [-0.2, -0.15) is 0 Å². The highest BCUT2D eigenvalue weighted by Crippen LogP contribution is 2.27. The molecule has 0 saturated carbocycles. The number of benzene rings is 2. The lowest BCUT2D eigenvalue weighted by atomic mass is 10.1. The van der Waals surface area contributed by atoms with E-state index in [9.17, 15) is 14.4 Å². The molecule has 2 N–H and O–H groups in total. The third kappa shape index (κ3) is 5.81. The average Bonchev–Trinajstić information content (AvgIpc) is 3.22. The van der Waals surface area contributed by atoms with Crippen molar-refractivity contribution in [2.24, 2.45) is 5.92 Å². The Bertz CT molecular complexity index is 1220. The first-order valence-electron chi connectivity index (χ1n) is 11.4. The van der Waals surface area contributed by atoms with Crippen molar-refractivity contribution in [3.63, 3.8) is 0 Å². The second-order valence-corrected chi connectivity index (χ2v) is 8.34. The van der Waals surface area contributed by atoms with E-state index in [1.807, 2.05) is 32.0 Å². The van der Waals surface area contributed by atoms with Crippen LogP contribution in [0.15, 0.2) is 54.6 Å². The van der Waals surface area contributed by atoms with Gasteiger partial charge >= 0.3 is 5.97 Å². The van der Waals surface area contributed by atoms with Gasteiger partial charge in [-0.15, -0.1) is 0 Å². The van der Waals surface area contributed by atoms with Crippen molar-refractivity contribution in [1.82, 2.24) is 9.97 Å². The molecule has 0 aliphatic carbocycles. The third-order valence-electron chi connectivity index (χ3n) is 5.58. The van der Waals surface area contributed by atoms with E-state index in [1.165, 1.54) is 0 Å². The van der Waals surface area contributed by atoms with Gasteiger partial charge in [0.1, 0.15) is 0 Å². The number of hydrogen-bond acceptors (Lipinski definition) is 7. The fraction of sp³-hybridized carbons (Fsp3) is 0.269. The van der Waals surface area contributed by atoms with Gasteiger partial charge in [-0.25, -0.2) is 14.8 Å². The van der Waals surface area contributed by atoms with Gasteiger partial charge < -0.3 is 20.3 Å². The summed E-state index contributed by atoms with van der Waals surface area (Å²) < 4.78 is 4.98. The lowest BCUT2D eigenvalue weighted by molar-refractivity contribution is -0.122. The van der Waals surface area contributed by atoms with Gasteiger partial charge in [0.25, 0.3) is 0 Å². The van der Waals surface area contributed by atoms with Crippen LogP contribution in [-0.2, 0) is 14.3 Å². The van der Waals surface area contributed by atoms with Crippen molar-refractivity contribution in [3.05, 3.63) is 71.5 Å². The zero-order valence-corrected chi connectivity index (χ0v) is 19.9. The molecule has 3 aromatic rings. The first-order chi connectivity index (χ1) is 16.8. The number of hydrogen-bond donors (Lipinski definition) is 2. The largest absolute Gasteiger partial charge is 0.462 e. The topological polar surface area (TPSA) is 114 Å². The quantitative estimate of drug-likeness (QED) is 0.499. The Kier molecular flexibility index (Phi) is 7.05. The number of carbonyl (C=O) groups excluding carboxylic acids is 3. The summed E-state index contributed by atoms with van der Waals surface area (Å²) >= 11 is 0. The number of ether oxygens (including phenoxy) is 1. The van der Waals surface area contributed by atoms with Crippen LogP contribution in [0.3, 0.4) is 0 Å². The first-order valence-corrected chi connectivity index (χ1v) is 11.4. The zero-order chi connectivity index (χ0) is 24.9. The Morgan fingerprint density at radius 1 is 1.00 bits per heavy atom. The number of amides is 2. The van der Waals surface area contributed by atoms with Gasteiger partial charge in [-0.1, -0.05) is 0 Å². The Morgan fingerprint density at radius 3 is 2.26 bits per heavy atom. The molecular formula is C26H27N5O4. The molecule has 1 aromatic heterocycles. The van der Waals surface area contributed by atoms with Crippen LogP contribution in [0, 0.1) is 19.8 Å². The number of esters is 1. The molecular weight excluding hydrogens is 446 g/mol. The van der Waals surface area contributed by atoms with Gasteiger partial charge in [0, 0.05) is 41.4 Å². The second kappa shape index (κ2) is 10.3. The number of aryl methyl sites for hydroxylation is 2. The van der Waals surface area contributed by atoms with E-state index in [2.05, 4.69) is 20.6 Å². The molecule has 180 valence electrons. The highest BCUT2D eigenvalue weighted by molar-refractivity contribution is 6.03. The van der Waals surface area contributed by atoms with E-state index in [4.69, 9.17) is 4.74 Å². The lowest BCUT2D eigenvalue weighted by Crippen LogP contribution is -2.28. The second-order valence-electron chi connectivity index (χ2n) is 8.34. The highest BCUT2D eigenvalue weighted by Gasteiger charge is 2.35. The van der Waals surface area contributed by atoms with E-state index in [0.717, 1.165) is 17.1 Å². The van der Waals surface area contributed by atoms with Crippen LogP contribution in [0.25, 0.3) is 0 Å². The summed E-state index contributed by atoms with van der Waals surface area (Å²) in [4.78, 5) is 47.5. The minimum absolute atomic E-state index is 0.120. The molecule has 2 amide bonds. The summed E-state index contributed by atoms with van der Waals surface area (Å²) in [6.07, 6.45) is 0.120. The SMILES string of the molecule is CCOC(=O)c1ccc(N2CC(C(=O)Nc3ccc(Nc4nc(C)cc(C)n4)cc3)CC2=O)cc1. The molecule has 0 bridgehead atoms. The van der Waals surface area contributed by atoms with Gasteiger partial charge in [0.05, 0.1) is 18.1 Å². The summed E-state index contributed by atoms with van der Waals surface area (Å²) in [5, 5.41) is 6.04. The van der Waals surface area contributed by atoms with Crippen molar-refractivity contribution >= 4 is 40.8 Å². The molecule has 1 aliphatic rings. The normalized spacial score (nSPS) is 15.1. The van der Waals surface area contributed by atoms with Crippen LogP contribution < -0.4 is 15.5 Å². The molecule has 0 radical (unpaired) electrons. The predicted molar refractivity (Wildman–Crippen MR) is 133 cm³/mol. The summed E-state index contributed by atoms with van der Waals surface area (Å²) in [6.45, 7) is 6.12. The van der Waals surface area contributed by atoms with Gasteiger partial charge in [0.15, 0.2) is 0 Å². The number of aromatic nitrogens is 2. The number of nitrogens with zero attached hydrogens (tertiary/aromatic N) is 3. The van der Waals surface area contributed by atoms with Crippen LogP contribution in [0.4, 0.5) is 23.0 Å². The molecule has 1 fully saturated rings. The van der Waals surface area contributed by atoms with E-state index in [1.54, 1.807) is 48.2 Å². The van der Waals surface area contributed by atoms with Gasteiger partial charge in [0.2, 0.25) is 17.8 Å². The minimum atomic E-state index is -0.478. The van der Waals surface area contributed by atoms with Gasteiger partial charge in [-0.05, 0) is 75.4 Å². The van der Waals surface area contributed by atoms with Crippen molar-refractivity contribution in [2.45, 2.75) is 27.2 Å². The Hall–Kier alpha value is -4.27. The van der Waals surface area contributed by atoms with Crippen LogP contribution >= 0.6 is 0 Å². The molecule has 9 nitrogen and oxygen atoms in total. The van der Waals surface area contributed by atoms with Crippen molar-refractivity contribution < 1.29 is 19.1 Å². The fourth-order valence-electron chi connectivity index (χ4n) is 3.92. The summed E-state index contributed by atoms with van der Waals surface area (Å²) in [5.74, 6) is -0.732. The standard InChI is InChI=1S/C26H27N5O4/c1-4-35-25(34)18-5-11-22(12-6-18)31-15-19(14-23(31)32)24(33)29-20-7-9-21(10-8-20)30-26-27-16(2)13-17(3)28-26/h5-13,19H,4,14-15H2,1-3H3,(H,29,33)(H,27,28,30). The number of rotatable bonds is 7. The Balaban J connectivity index is 1.35. The van der Waals surface area contributed by atoms with E-state index < -0.39 is 11.9 Å². The molecule has 1 atom stereocenters. The van der Waals surface area contributed by atoms with Crippen LogP contribution in [0.1, 0.15) is 35.1 Å². The van der Waals surface area contributed by atoms with Crippen LogP contribution in [0.2, 0.25) is 0 Å². The molecule has 1 saturated heterocycles. The zero-order valence-electron chi connectivity index (χ0n) is 19.9. The fourth-order valence-corrected chi connectivity index (χ4v) is 3.92. The van der Waals surface area contributed by atoms with Crippen LogP contribution in [-0.4, -0.2) is 40.9 Å². The van der Waals surface area contributed by atoms with E-state index in [-0.39, 0.29) is 24.8 Å². The first kappa shape index (κ1) is 23.9. The molecule has 2 heterocycles. The number of anilines is 4. The predicted octanol–water partition coefficient (Wildman–Crippen LogP) is 4.01. The molecule has 0 spiro atoms. The monoisotopic (exact) mass is 473 g/mol. The maximum atomic E-state index is 12.8. The van der Waals surface area contributed by atoms with Crippen molar-refractivity contribution in [3.8, 4) is 0 Å². The summed E-state index contributed by atoms with van der Waals surface area (Å²) in [6, 6.07) is 15.7. The Morgan fingerprint density at radius 2 is 1.63 bits per heavy atom. The molecule has 4 rings (SSSR count). The molecule has 2 aromatic carbocycles. The Labute approximate surface area is 203 Å². The highest BCUT2D eigenvalue weighted by atomic mass is 16.5. The average molecular weight is 474 g/mol. The molecule has 1 unspecified atom stereocenters. The van der Waals surface area contributed by atoms with E-state index >= 15 is 0 Å². The van der Waals surface area contributed by atoms with Crippen molar-refractivity contribution in [1.29, 1.82) is 0 Å². The lowest BCUT2D eigenvalue weighted by Gasteiger charge is -2.17. The summed E-state index contributed by atoms with van der Waals surface area (Å²) in [5.41, 5.74) is 4.23. The maximum Gasteiger partial charge on any atom is 0.338 e. The van der Waals surface area contributed by atoms with Crippen molar-refractivity contribution in [2.75, 3.05) is 28.7 Å².